The number of phenols is 1. The lowest BCUT2D eigenvalue weighted by atomic mass is 9.96. The Morgan fingerprint density at radius 1 is 0.902 bits per heavy atom. The maximum Gasteiger partial charge on any atom is 0.326 e. The second kappa shape index (κ2) is 17.3. The molecule has 0 fully saturated rings. The molecule has 0 saturated heterocycles. The fourth-order valence-corrected chi connectivity index (χ4v) is 3.74. The van der Waals surface area contributed by atoms with Crippen molar-refractivity contribution in [2.45, 2.75) is 76.5 Å². The monoisotopic (exact) mass is 579 g/mol. The molecular formula is C26H41N7O8. The summed E-state index contributed by atoms with van der Waals surface area (Å²) in [5.41, 5.74) is 16.9. The molecule has 0 aromatic heterocycles. The number of phenolic OH excluding ortho intramolecular Hbond substituents is 1. The van der Waals surface area contributed by atoms with Crippen molar-refractivity contribution in [1.29, 1.82) is 0 Å². The van der Waals surface area contributed by atoms with Gasteiger partial charge in [0.15, 0.2) is 5.96 Å². The first-order valence-electron chi connectivity index (χ1n) is 13.2. The number of carboxylic acid groups (broad SMARTS) is 2. The van der Waals surface area contributed by atoms with Crippen LogP contribution in [0.4, 0.5) is 0 Å². The van der Waals surface area contributed by atoms with Crippen LogP contribution >= 0.6 is 0 Å². The third-order valence-electron chi connectivity index (χ3n) is 6.37. The molecule has 41 heavy (non-hydrogen) atoms. The number of carboxylic acids is 2. The first-order chi connectivity index (χ1) is 19.2. The molecule has 0 spiro atoms. The summed E-state index contributed by atoms with van der Waals surface area (Å²) < 4.78 is 0. The number of amides is 3. The molecule has 228 valence electrons. The number of nitrogens with zero attached hydrogens (tertiary/aromatic N) is 1. The van der Waals surface area contributed by atoms with E-state index >= 15 is 0 Å². The Labute approximate surface area is 237 Å². The smallest absolute Gasteiger partial charge is 0.326 e. The first-order valence-corrected chi connectivity index (χ1v) is 13.2. The van der Waals surface area contributed by atoms with Crippen LogP contribution in [0.15, 0.2) is 29.3 Å². The molecule has 5 atom stereocenters. The van der Waals surface area contributed by atoms with E-state index in [1.807, 2.05) is 0 Å². The molecule has 5 unspecified atom stereocenters. The van der Waals surface area contributed by atoms with Crippen molar-refractivity contribution in [3.8, 4) is 5.75 Å². The third kappa shape index (κ3) is 13.0. The van der Waals surface area contributed by atoms with Gasteiger partial charge >= 0.3 is 11.9 Å². The van der Waals surface area contributed by atoms with Gasteiger partial charge in [0.05, 0.1) is 6.04 Å². The van der Waals surface area contributed by atoms with Crippen LogP contribution in [0.5, 0.6) is 5.75 Å². The van der Waals surface area contributed by atoms with Crippen molar-refractivity contribution >= 4 is 35.6 Å². The second-order valence-corrected chi connectivity index (χ2v) is 9.69. The summed E-state index contributed by atoms with van der Waals surface area (Å²) in [4.78, 5) is 65.7. The van der Waals surface area contributed by atoms with E-state index in [0.29, 0.717) is 12.0 Å². The van der Waals surface area contributed by atoms with Crippen LogP contribution in [0, 0.1) is 5.92 Å². The number of aliphatic imine (C=N–C) groups is 1. The maximum atomic E-state index is 13.4. The molecule has 15 heteroatoms. The Hall–Kier alpha value is -4.40. The van der Waals surface area contributed by atoms with E-state index in [4.69, 9.17) is 22.3 Å². The van der Waals surface area contributed by atoms with Crippen molar-refractivity contribution in [2.24, 2.45) is 28.1 Å². The van der Waals surface area contributed by atoms with E-state index in [0.717, 1.165) is 0 Å². The fourth-order valence-electron chi connectivity index (χ4n) is 3.74. The van der Waals surface area contributed by atoms with Crippen molar-refractivity contribution < 1.29 is 39.3 Å². The van der Waals surface area contributed by atoms with Gasteiger partial charge in [-0.1, -0.05) is 32.4 Å². The van der Waals surface area contributed by atoms with Gasteiger partial charge in [0.25, 0.3) is 0 Å². The Balaban J connectivity index is 3.14. The van der Waals surface area contributed by atoms with Crippen molar-refractivity contribution in [3.63, 3.8) is 0 Å². The number of nitrogens with two attached hydrogens (primary N) is 3. The summed E-state index contributed by atoms with van der Waals surface area (Å²) in [6, 6.07) is 1.05. The van der Waals surface area contributed by atoms with Gasteiger partial charge in [-0.05, 0) is 42.9 Å². The molecule has 0 bridgehead atoms. The molecular weight excluding hydrogens is 538 g/mol. The number of carbonyl (C=O) groups is 5. The Bertz CT molecular complexity index is 1080. The van der Waals surface area contributed by atoms with Crippen LogP contribution in [0.2, 0.25) is 0 Å². The highest BCUT2D eigenvalue weighted by Gasteiger charge is 2.32. The van der Waals surface area contributed by atoms with Crippen LogP contribution in [-0.2, 0) is 30.4 Å². The lowest BCUT2D eigenvalue weighted by Crippen LogP contribution is -2.59. The van der Waals surface area contributed by atoms with E-state index in [-0.39, 0.29) is 50.4 Å². The summed E-state index contributed by atoms with van der Waals surface area (Å²) in [6.07, 6.45) is 0.208. The number of rotatable bonds is 18. The van der Waals surface area contributed by atoms with Gasteiger partial charge in [-0.25, -0.2) is 4.79 Å². The predicted octanol–water partition coefficient (Wildman–Crippen LogP) is -1.23. The zero-order valence-electron chi connectivity index (χ0n) is 23.2. The topological polar surface area (TPSA) is 273 Å². The molecule has 1 aromatic rings. The predicted molar refractivity (Wildman–Crippen MR) is 149 cm³/mol. The van der Waals surface area contributed by atoms with Crippen molar-refractivity contribution in [3.05, 3.63) is 29.8 Å². The van der Waals surface area contributed by atoms with E-state index in [1.54, 1.807) is 26.0 Å². The number of guanidine groups is 1. The number of hydrogen-bond acceptors (Lipinski definition) is 8. The van der Waals surface area contributed by atoms with Gasteiger partial charge in [0, 0.05) is 19.4 Å². The summed E-state index contributed by atoms with van der Waals surface area (Å²) in [6.45, 7) is 3.65. The van der Waals surface area contributed by atoms with Gasteiger partial charge in [0.1, 0.15) is 23.9 Å². The molecule has 0 aliphatic rings. The van der Waals surface area contributed by atoms with Crippen LogP contribution in [0.1, 0.15) is 51.5 Å². The molecule has 15 nitrogen and oxygen atoms in total. The third-order valence-corrected chi connectivity index (χ3v) is 6.37. The Morgan fingerprint density at radius 2 is 1.51 bits per heavy atom. The SMILES string of the molecule is CCC(C)C(NC(=O)C(N)CCC(=O)O)C(=O)NC(Cc1ccc(O)cc1)C(=O)NC(CCCN=C(N)N)C(=O)O. The highest BCUT2D eigenvalue weighted by molar-refractivity contribution is 5.94. The molecule has 0 aliphatic carbocycles. The quantitative estimate of drug-likeness (QED) is 0.0564. The molecule has 1 rings (SSSR count). The standard InChI is InChI=1S/C26H41N7O8/c1-3-14(2)21(33-22(37)17(27)10-11-20(35)36)24(39)32-19(13-15-6-8-16(34)9-7-15)23(38)31-18(25(40)41)5-4-12-30-26(28)29/h6-9,14,17-19,21,34H,3-5,10-13,27H2,1-2H3,(H,31,38)(H,32,39)(H,33,37)(H,35,36)(H,40,41)(H4,28,29,30). The van der Waals surface area contributed by atoms with Crippen molar-refractivity contribution in [1.82, 2.24) is 16.0 Å². The molecule has 0 heterocycles. The molecule has 12 N–H and O–H groups in total. The Kier molecular flexibility index (Phi) is 14.6. The summed E-state index contributed by atoms with van der Waals surface area (Å²) >= 11 is 0. The fraction of sp³-hybridized carbons (Fsp3) is 0.538. The lowest BCUT2D eigenvalue weighted by molar-refractivity contribution is -0.142. The average Bonchev–Trinajstić information content (AvgIpc) is 2.91. The first kappa shape index (κ1) is 34.6. The molecule has 1 aromatic carbocycles. The van der Waals surface area contributed by atoms with Crippen LogP contribution < -0.4 is 33.2 Å². The minimum Gasteiger partial charge on any atom is -0.508 e. The summed E-state index contributed by atoms with van der Waals surface area (Å²) in [7, 11) is 0. The van der Waals surface area contributed by atoms with E-state index in [1.165, 1.54) is 12.1 Å². The highest BCUT2D eigenvalue weighted by atomic mass is 16.4. The van der Waals surface area contributed by atoms with Crippen LogP contribution in [0.3, 0.4) is 0 Å². The minimum atomic E-state index is -1.30. The number of carbonyl (C=O) groups excluding carboxylic acids is 3. The van der Waals surface area contributed by atoms with Gasteiger partial charge in [-0.15, -0.1) is 0 Å². The van der Waals surface area contributed by atoms with Gasteiger partial charge < -0.3 is 48.5 Å². The van der Waals surface area contributed by atoms with Gasteiger partial charge in [-0.2, -0.15) is 0 Å². The number of aromatic hydroxyl groups is 1. The zero-order chi connectivity index (χ0) is 31.1. The van der Waals surface area contributed by atoms with Gasteiger partial charge in [-0.3, -0.25) is 24.2 Å². The number of aliphatic carboxylic acids is 2. The highest BCUT2D eigenvalue weighted by Crippen LogP contribution is 2.14. The van der Waals surface area contributed by atoms with Gasteiger partial charge in [0.2, 0.25) is 17.7 Å². The lowest BCUT2D eigenvalue weighted by Gasteiger charge is -2.28. The zero-order valence-corrected chi connectivity index (χ0v) is 23.2. The largest absolute Gasteiger partial charge is 0.508 e. The molecule has 0 saturated carbocycles. The maximum absolute atomic E-state index is 13.4. The summed E-state index contributed by atoms with van der Waals surface area (Å²) in [5.74, 6) is -5.19. The number of hydrogen-bond donors (Lipinski definition) is 9. The second-order valence-electron chi connectivity index (χ2n) is 9.69. The van der Waals surface area contributed by atoms with E-state index in [9.17, 15) is 34.2 Å². The normalized spacial score (nSPS) is 14.4. The van der Waals surface area contributed by atoms with Crippen molar-refractivity contribution in [2.75, 3.05) is 6.54 Å². The number of nitrogens with one attached hydrogen (secondary N) is 3. The van der Waals surface area contributed by atoms with Crippen LogP contribution in [0.25, 0.3) is 0 Å². The van der Waals surface area contributed by atoms with E-state index in [2.05, 4.69) is 20.9 Å². The number of benzene rings is 1. The molecule has 0 aliphatic heterocycles. The molecule has 3 amide bonds. The minimum absolute atomic E-state index is 0.00992. The average molecular weight is 580 g/mol. The summed E-state index contributed by atoms with van der Waals surface area (Å²) in [5, 5.41) is 35.7. The van der Waals surface area contributed by atoms with Crippen LogP contribution in [-0.4, -0.2) is 81.7 Å². The van der Waals surface area contributed by atoms with E-state index < -0.39 is 59.7 Å². The Morgan fingerprint density at radius 3 is 2.05 bits per heavy atom. The molecule has 0 radical (unpaired) electrons.